The standard InChI is InChI=1S/C9H13NO3S/c1-2-9(13,5-10)7-6(8(11)12)3-4-14-7/h3-4,13H,2,5,10H2,1H3,(H,11,12). The molecule has 5 heteroatoms. The molecule has 4 N–H and O–H groups in total. The van der Waals surface area contributed by atoms with Gasteiger partial charge in [-0.05, 0) is 17.9 Å². The molecule has 78 valence electrons. The van der Waals surface area contributed by atoms with E-state index in [-0.39, 0.29) is 12.1 Å². The van der Waals surface area contributed by atoms with Gasteiger partial charge in [-0.25, -0.2) is 4.79 Å². The van der Waals surface area contributed by atoms with Crippen LogP contribution >= 0.6 is 11.3 Å². The second kappa shape index (κ2) is 4.08. The highest BCUT2D eigenvalue weighted by atomic mass is 32.1. The number of thiophene rings is 1. The number of nitrogens with two attached hydrogens (primary N) is 1. The van der Waals surface area contributed by atoms with Gasteiger partial charge in [-0.3, -0.25) is 0 Å². The predicted molar refractivity (Wildman–Crippen MR) is 54.5 cm³/mol. The Balaban J connectivity index is 3.17. The van der Waals surface area contributed by atoms with E-state index >= 15 is 0 Å². The maximum atomic E-state index is 10.8. The van der Waals surface area contributed by atoms with Crippen molar-refractivity contribution in [3.05, 3.63) is 21.9 Å². The summed E-state index contributed by atoms with van der Waals surface area (Å²) in [5.74, 6) is -1.03. The van der Waals surface area contributed by atoms with Crippen molar-refractivity contribution in [2.45, 2.75) is 18.9 Å². The summed E-state index contributed by atoms with van der Waals surface area (Å²) in [6.07, 6.45) is 0.407. The Labute approximate surface area is 86.0 Å². The fourth-order valence-electron chi connectivity index (χ4n) is 1.24. The van der Waals surface area contributed by atoms with Gasteiger partial charge in [0.15, 0.2) is 0 Å². The van der Waals surface area contributed by atoms with Crippen LogP contribution in [0.3, 0.4) is 0 Å². The SMILES string of the molecule is CCC(O)(CN)c1sccc1C(=O)O. The number of aromatic carboxylic acids is 1. The minimum Gasteiger partial charge on any atom is -0.478 e. The first-order chi connectivity index (χ1) is 6.55. The number of aliphatic hydroxyl groups is 1. The number of carboxylic acids is 1. The molecule has 0 aromatic carbocycles. The third kappa shape index (κ3) is 1.79. The summed E-state index contributed by atoms with van der Waals surface area (Å²) in [6.45, 7) is 1.81. The summed E-state index contributed by atoms with van der Waals surface area (Å²) in [5.41, 5.74) is 4.38. The van der Waals surface area contributed by atoms with Gasteiger partial charge in [-0.15, -0.1) is 11.3 Å². The highest BCUT2D eigenvalue weighted by Gasteiger charge is 2.31. The largest absolute Gasteiger partial charge is 0.478 e. The molecule has 1 rings (SSSR count). The predicted octanol–water partition coefficient (Wildman–Crippen LogP) is 1.00. The van der Waals surface area contributed by atoms with Gasteiger partial charge in [-0.2, -0.15) is 0 Å². The fraction of sp³-hybridized carbons (Fsp3) is 0.444. The van der Waals surface area contributed by atoms with E-state index in [4.69, 9.17) is 10.8 Å². The summed E-state index contributed by atoms with van der Waals surface area (Å²) in [5, 5.41) is 20.6. The van der Waals surface area contributed by atoms with Crippen LogP contribution in [0.15, 0.2) is 11.4 Å². The van der Waals surface area contributed by atoms with Gasteiger partial charge < -0.3 is 15.9 Å². The van der Waals surface area contributed by atoms with Crippen molar-refractivity contribution in [1.29, 1.82) is 0 Å². The van der Waals surface area contributed by atoms with Gasteiger partial charge in [0.1, 0.15) is 5.60 Å². The van der Waals surface area contributed by atoms with Crippen LogP contribution in [0.4, 0.5) is 0 Å². The molecular formula is C9H13NO3S. The van der Waals surface area contributed by atoms with Crippen molar-refractivity contribution in [2.24, 2.45) is 5.73 Å². The van der Waals surface area contributed by atoms with E-state index in [9.17, 15) is 9.90 Å². The topological polar surface area (TPSA) is 83.5 Å². The highest BCUT2D eigenvalue weighted by Crippen LogP contribution is 2.31. The van der Waals surface area contributed by atoms with E-state index < -0.39 is 11.6 Å². The minimum atomic E-state index is -1.21. The van der Waals surface area contributed by atoms with Crippen LogP contribution in [-0.4, -0.2) is 22.7 Å². The number of carboxylic acid groups (broad SMARTS) is 1. The molecule has 0 radical (unpaired) electrons. The molecule has 0 amide bonds. The van der Waals surface area contributed by atoms with Crippen molar-refractivity contribution in [3.8, 4) is 0 Å². The second-order valence-electron chi connectivity index (χ2n) is 3.06. The van der Waals surface area contributed by atoms with Crippen molar-refractivity contribution in [2.75, 3.05) is 6.54 Å². The van der Waals surface area contributed by atoms with E-state index in [1.165, 1.54) is 17.4 Å². The Hall–Kier alpha value is -0.910. The van der Waals surface area contributed by atoms with E-state index in [2.05, 4.69) is 0 Å². The molecular weight excluding hydrogens is 202 g/mol. The van der Waals surface area contributed by atoms with Crippen molar-refractivity contribution in [1.82, 2.24) is 0 Å². The first-order valence-electron chi connectivity index (χ1n) is 4.29. The average molecular weight is 215 g/mol. The molecule has 0 aliphatic rings. The van der Waals surface area contributed by atoms with Crippen molar-refractivity contribution < 1.29 is 15.0 Å². The Bertz CT molecular complexity index is 331. The summed E-state index contributed by atoms with van der Waals surface area (Å²) < 4.78 is 0. The lowest BCUT2D eigenvalue weighted by atomic mass is 9.96. The van der Waals surface area contributed by atoms with Crippen LogP contribution in [0.1, 0.15) is 28.6 Å². The van der Waals surface area contributed by atoms with Crippen LogP contribution in [0.25, 0.3) is 0 Å². The smallest absolute Gasteiger partial charge is 0.336 e. The van der Waals surface area contributed by atoms with Crippen molar-refractivity contribution in [3.63, 3.8) is 0 Å². The van der Waals surface area contributed by atoms with E-state index in [0.29, 0.717) is 11.3 Å². The third-order valence-corrected chi connectivity index (χ3v) is 3.35. The average Bonchev–Trinajstić information content (AvgIpc) is 2.65. The monoisotopic (exact) mass is 215 g/mol. The molecule has 4 nitrogen and oxygen atoms in total. The molecule has 1 unspecified atom stereocenters. The number of hydrogen-bond donors (Lipinski definition) is 3. The zero-order chi connectivity index (χ0) is 10.8. The summed E-state index contributed by atoms with van der Waals surface area (Å²) in [4.78, 5) is 11.3. The molecule has 0 fully saturated rings. The van der Waals surface area contributed by atoms with Gasteiger partial charge in [0.2, 0.25) is 0 Å². The van der Waals surface area contributed by atoms with E-state index in [1.54, 1.807) is 12.3 Å². The molecule has 14 heavy (non-hydrogen) atoms. The normalized spacial score (nSPS) is 15.1. The van der Waals surface area contributed by atoms with Crippen molar-refractivity contribution >= 4 is 17.3 Å². The molecule has 0 aliphatic carbocycles. The first kappa shape index (κ1) is 11.2. The fourth-order valence-corrected chi connectivity index (χ4v) is 2.31. The van der Waals surface area contributed by atoms with Crippen LogP contribution < -0.4 is 5.73 Å². The van der Waals surface area contributed by atoms with Gasteiger partial charge in [-0.1, -0.05) is 6.92 Å². The van der Waals surface area contributed by atoms with Crippen LogP contribution in [0.2, 0.25) is 0 Å². The molecule has 0 aliphatic heterocycles. The third-order valence-electron chi connectivity index (χ3n) is 2.24. The Morgan fingerprint density at radius 2 is 2.36 bits per heavy atom. The lowest BCUT2D eigenvalue weighted by Crippen LogP contribution is -2.34. The van der Waals surface area contributed by atoms with Gasteiger partial charge in [0.05, 0.1) is 10.4 Å². The Morgan fingerprint density at radius 3 is 2.79 bits per heavy atom. The molecule has 0 bridgehead atoms. The van der Waals surface area contributed by atoms with Gasteiger partial charge >= 0.3 is 5.97 Å². The van der Waals surface area contributed by atoms with Gasteiger partial charge in [0, 0.05) is 6.54 Å². The number of hydrogen-bond acceptors (Lipinski definition) is 4. The maximum Gasteiger partial charge on any atom is 0.336 e. The lowest BCUT2D eigenvalue weighted by Gasteiger charge is -2.24. The van der Waals surface area contributed by atoms with Crippen LogP contribution in [0, 0.1) is 0 Å². The summed E-state index contributed by atoms with van der Waals surface area (Å²) in [6, 6.07) is 1.48. The molecule has 1 aromatic heterocycles. The van der Waals surface area contributed by atoms with Gasteiger partial charge in [0.25, 0.3) is 0 Å². The van der Waals surface area contributed by atoms with E-state index in [0.717, 1.165) is 0 Å². The number of carbonyl (C=O) groups is 1. The lowest BCUT2D eigenvalue weighted by molar-refractivity contribution is 0.0423. The van der Waals surface area contributed by atoms with E-state index in [1.807, 2.05) is 0 Å². The Morgan fingerprint density at radius 1 is 1.71 bits per heavy atom. The maximum absolute atomic E-state index is 10.8. The zero-order valence-corrected chi connectivity index (χ0v) is 8.67. The molecule has 0 spiro atoms. The summed E-state index contributed by atoms with van der Waals surface area (Å²) >= 11 is 1.22. The minimum absolute atomic E-state index is 0.0320. The first-order valence-corrected chi connectivity index (χ1v) is 5.17. The molecule has 1 aromatic rings. The molecule has 0 saturated heterocycles. The summed E-state index contributed by atoms with van der Waals surface area (Å²) in [7, 11) is 0. The Kier molecular flexibility index (Phi) is 3.25. The molecule has 1 atom stereocenters. The quantitative estimate of drug-likeness (QED) is 0.699. The number of rotatable bonds is 4. The molecule has 0 saturated carbocycles. The zero-order valence-electron chi connectivity index (χ0n) is 7.86. The molecule has 1 heterocycles. The second-order valence-corrected chi connectivity index (χ2v) is 3.97. The van der Waals surface area contributed by atoms with Crippen LogP contribution in [0.5, 0.6) is 0 Å². The highest BCUT2D eigenvalue weighted by molar-refractivity contribution is 7.10. The van der Waals surface area contributed by atoms with Crippen LogP contribution in [-0.2, 0) is 5.60 Å².